The molecule has 12 rings (SSSR count). The van der Waals surface area contributed by atoms with Crippen molar-refractivity contribution < 1.29 is 4.42 Å². The molecule has 0 bridgehead atoms. The van der Waals surface area contributed by atoms with Crippen LogP contribution in [0.1, 0.15) is 0 Å². The maximum absolute atomic E-state index is 6.86. The average Bonchev–Trinajstić information content (AvgIpc) is 3.90. The van der Waals surface area contributed by atoms with E-state index in [9.17, 15) is 0 Å². The van der Waals surface area contributed by atoms with Gasteiger partial charge in [-0.1, -0.05) is 170 Å². The lowest BCUT2D eigenvalue weighted by Crippen LogP contribution is -2.00. The summed E-state index contributed by atoms with van der Waals surface area (Å²) in [5.74, 6) is 1.84. The van der Waals surface area contributed by atoms with E-state index in [1.807, 2.05) is 42.5 Å². The van der Waals surface area contributed by atoms with E-state index in [1.54, 1.807) is 0 Å². The van der Waals surface area contributed by atoms with E-state index in [4.69, 9.17) is 19.4 Å². The predicted molar refractivity (Wildman–Crippen MR) is 254 cm³/mol. The summed E-state index contributed by atoms with van der Waals surface area (Å²) in [4.78, 5) is 15.2. The SMILES string of the molecule is c1ccc(-c2ccc(-c3nc(-c4ccccc4)nc(-c4ccc5oc6c(ccc7c8ccccc8n(-c8ccc(-c9cccc(-c%10ccccc%10)c9)cc8)c76)c5c4)n3)cc2)cc1. The van der Waals surface area contributed by atoms with Gasteiger partial charge in [-0.2, -0.15) is 0 Å². The first-order chi connectivity index (χ1) is 30.7. The second kappa shape index (κ2) is 14.7. The minimum absolute atomic E-state index is 0.599. The number of hydrogen-bond acceptors (Lipinski definition) is 4. The molecule has 62 heavy (non-hydrogen) atoms. The van der Waals surface area contributed by atoms with Crippen LogP contribution in [0.2, 0.25) is 0 Å². The monoisotopic (exact) mass is 792 g/mol. The third-order valence-electron chi connectivity index (χ3n) is 11.9. The summed E-state index contributed by atoms with van der Waals surface area (Å²) < 4.78 is 9.20. The Labute approximate surface area is 357 Å². The highest BCUT2D eigenvalue weighted by Crippen LogP contribution is 2.41. The highest BCUT2D eigenvalue weighted by Gasteiger charge is 2.20. The smallest absolute Gasteiger partial charge is 0.164 e. The molecule has 0 aliphatic carbocycles. The molecular formula is C57H36N4O. The van der Waals surface area contributed by atoms with Crippen molar-refractivity contribution in [3.63, 3.8) is 0 Å². The van der Waals surface area contributed by atoms with Crippen molar-refractivity contribution in [1.82, 2.24) is 19.5 Å². The third kappa shape index (κ3) is 6.14. The number of fused-ring (bicyclic) bond motifs is 7. The Morgan fingerprint density at radius 3 is 1.45 bits per heavy atom. The number of rotatable bonds is 7. The van der Waals surface area contributed by atoms with Crippen molar-refractivity contribution in [2.75, 3.05) is 0 Å². The van der Waals surface area contributed by atoms with Gasteiger partial charge in [-0.05, 0) is 81.9 Å². The van der Waals surface area contributed by atoms with E-state index >= 15 is 0 Å². The Morgan fingerprint density at radius 2 is 0.774 bits per heavy atom. The quantitative estimate of drug-likeness (QED) is 0.161. The van der Waals surface area contributed by atoms with Crippen LogP contribution in [0.3, 0.4) is 0 Å². The van der Waals surface area contributed by atoms with Crippen molar-refractivity contribution in [1.29, 1.82) is 0 Å². The summed E-state index contributed by atoms with van der Waals surface area (Å²) in [5.41, 5.74) is 14.6. The molecule has 0 N–H and O–H groups in total. The summed E-state index contributed by atoms with van der Waals surface area (Å²) in [7, 11) is 0. The zero-order valence-electron chi connectivity index (χ0n) is 33.5. The predicted octanol–water partition coefficient (Wildman–Crippen LogP) is 14.9. The van der Waals surface area contributed by atoms with Gasteiger partial charge in [0.15, 0.2) is 23.1 Å². The Kier molecular flexibility index (Phi) is 8.42. The summed E-state index contributed by atoms with van der Waals surface area (Å²) in [6.07, 6.45) is 0. The summed E-state index contributed by atoms with van der Waals surface area (Å²) in [5, 5.41) is 4.34. The fourth-order valence-corrected chi connectivity index (χ4v) is 8.79. The van der Waals surface area contributed by atoms with Gasteiger partial charge in [-0.3, -0.25) is 0 Å². The summed E-state index contributed by atoms with van der Waals surface area (Å²) in [6.45, 7) is 0. The first-order valence-electron chi connectivity index (χ1n) is 20.8. The maximum Gasteiger partial charge on any atom is 0.164 e. The van der Waals surface area contributed by atoms with Crippen LogP contribution in [0.4, 0.5) is 0 Å². The summed E-state index contributed by atoms with van der Waals surface area (Å²) in [6, 6.07) is 76.3. The van der Waals surface area contributed by atoms with E-state index in [1.165, 1.54) is 22.1 Å². The van der Waals surface area contributed by atoms with Gasteiger partial charge in [0.1, 0.15) is 5.58 Å². The van der Waals surface area contributed by atoms with Crippen molar-refractivity contribution in [2.24, 2.45) is 0 Å². The highest BCUT2D eigenvalue weighted by molar-refractivity contribution is 6.21. The van der Waals surface area contributed by atoms with Crippen molar-refractivity contribution in [3.05, 3.63) is 218 Å². The number of benzene rings is 9. The van der Waals surface area contributed by atoms with Crippen LogP contribution in [0.5, 0.6) is 0 Å². The number of para-hydroxylation sites is 1. The lowest BCUT2D eigenvalue weighted by molar-refractivity contribution is 0.671. The highest BCUT2D eigenvalue weighted by atomic mass is 16.3. The van der Waals surface area contributed by atoms with Crippen LogP contribution < -0.4 is 0 Å². The van der Waals surface area contributed by atoms with E-state index in [0.29, 0.717) is 17.5 Å². The standard InChI is InChI=1S/C57H36N4O/c1-4-13-37(14-5-1)39-23-25-42(26-24-39)56-58-55(41-17-8-3-9-18-41)59-57(60-56)45-29-34-52-50(36-45)49-33-32-48-47-21-10-11-22-51(47)61(53(48)54(49)62-52)46-30-27-40(28-31-46)44-20-12-19-43(35-44)38-15-6-2-7-16-38/h1-36H. The molecule has 0 radical (unpaired) electrons. The van der Waals surface area contributed by atoms with Gasteiger partial charge in [-0.25, -0.2) is 15.0 Å². The zero-order chi connectivity index (χ0) is 41.0. The van der Waals surface area contributed by atoms with Gasteiger partial charge in [0.2, 0.25) is 0 Å². The molecule has 0 aliphatic heterocycles. The van der Waals surface area contributed by atoms with E-state index in [2.05, 4.69) is 180 Å². The first kappa shape index (κ1) is 35.5. The molecule has 0 saturated heterocycles. The van der Waals surface area contributed by atoms with Crippen LogP contribution in [0.15, 0.2) is 223 Å². The summed E-state index contributed by atoms with van der Waals surface area (Å²) >= 11 is 0. The molecule has 5 nitrogen and oxygen atoms in total. The average molecular weight is 793 g/mol. The van der Waals surface area contributed by atoms with Crippen molar-refractivity contribution in [3.8, 4) is 73.2 Å². The second-order valence-corrected chi connectivity index (χ2v) is 15.6. The molecular weight excluding hydrogens is 757 g/mol. The first-order valence-corrected chi connectivity index (χ1v) is 20.8. The minimum Gasteiger partial charge on any atom is -0.454 e. The molecule has 3 heterocycles. The number of nitrogens with zero attached hydrogens (tertiary/aromatic N) is 4. The van der Waals surface area contributed by atoms with E-state index in [-0.39, 0.29) is 0 Å². The Morgan fingerprint density at radius 1 is 0.306 bits per heavy atom. The molecule has 9 aromatic carbocycles. The molecule has 0 spiro atoms. The van der Waals surface area contributed by atoms with Gasteiger partial charge in [-0.15, -0.1) is 0 Å². The second-order valence-electron chi connectivity index (χ2n) is 15.6. The zero-order valence-corrected chi connectivity index (χ0v) is 33.5. The fourth-order valence-electron chi connectivity index (χ4n) is 8.79. The number of aromatic nitrogens is 4. The fraction of sp³-hybridized carbons (Fsp3) is 0. The largest absolute Gasteiger partial charge is 0.454 e. The van der Waals surface area contributed by atoms with Crippen LogP contribution in [0.25, 0.3) is 117 Å². The molecule has 0 aliphatic rings. The Balaban J connectivity index is 0.976. The van der Waals surface area contributed by atoms with Crippen LogP contribution in [-0.2, 0) is 0 Å². The normalized spacial score (nSPS) is 11.5. The molecule has 290 valence electrons. The molecule has 0 amide bonds. The number of furan rings is 1. The lowest BCUT2D eigenvalue weighted by Gasteiger charge is -2.10. The molecule has 0 saturated carbocycles. The van der Waals surface area contributed by atoms with Gasteiger partial charge >= 0.3 is 0 Å². The van der Waals surface area contributed by atoms with Gasteiger partial charge in [0.05, 0.1) is 11.0 Å². The number of hydrogen-bond donors (Lipinski definition) is 0. The molecule has 0 atom stereocenters. The van der Waals surface area contributed by atoms with Gasteiger partial charge < -0.3 is 8.98 Å². The van der Waals surface area contributed by atoms with Gasteiger partial charge in [0.25, 0.3) is 0 Å². The maximum atomic E-state index is 6.86. The van der Waals surface area contributed by atoms with Gasteiger partial charge in [0, 0.05) is 43.9 Å². The topological polar surface area (TPSA) is 56.7 Å². The van der Waals surface area contributed by atoms with E-state index in [0.717, 1.165) is 77.4 Å². The molecule has 12 aromatic rings. The van der Waals surface area contributed by atoms with Crippen LogP contribution >= 0.6 is 0 Å². The van der Waals surface area contributed by atoms with Crippen molar-refractivity contribution in [2.45, 2.75) is 0 Å². The molecule has 5 heteroatoms. The lowest BCUT2D eigenvalue weighted by atomic mass is 9.99. The van der Waals surface area contributed by atoms with Crippen LogP contribution in [-0.4, -0.2) is 19.5 Å². The third-order valence-corrected chi connectivity index (χ3v) is 11.9. The van der Waals surface area contributed by atoms with Crippen molar-refractivity contribution >= 4 is 43.7 Å². The van der Waals surface area contributed by atoms with Crippen LogP contribution in [0, 0.1) is 0 Å². The molecule has 3 aromatic heterocycles. The molecule has 0 unspecified atom stereocenters. The molecule has 0 fully saturated rings. The Hall–Kier alpha value is -8.41. The Bertz CT molecular complexity index is 3590. The van der Waals surface area contributed by atoms with E-state index < -0.39 is 0 Å². The minimum atomic E-state index is 0.599.